The third kappa shape index (κ3) is 3.68. The van der Waals surface area contributed by atoms with Crippen molar-refractivity contribution < 1.29 is 4.79 Å². The standard InChI is InChI=1S/C18H22N4O/c1-14-12-21(13-15-5-3-2-4-6-15)9-10-22(14)16-7-8-20-17(11-16)18(19)23/h2-8,11,14H,9-10,12-13H2,1H3,(H2,19,23)/t14-/m1/s1. The zero-order valence-electron chi connectivity index (χ0n) is 13.4. The average molecular weight is 310 g/mol. The maximum Gasteiger partial charge on any atom is 0.267 e. The Kier molecular flexibility index (Phi) is 4.57. The smallest absolute Gasteiger partial charge is 0.267 e. The number of carbonyl (C=O) groups is 1. The largest absolute Gasteiger partial charge is 0.366 e. The zero-order chi connectivity index (χ0) is 16.2. The van der Waals surface area contributed by atoms with Crippen LogP contribution in [0.4, 0.5) is 5.69 Å². The van der Waals surface area contributed by atoms with Crippen LogP contribution in [0.15, 0.2) is 48.7 Å². The Hall–Kier alpha value is -2.40. The van der Waals surface area contributed by atoms with Crippen molar-refractivity contribution in [2.24, 2.45) is 5.73 Å². The molecule has 1 fully saturated rings. The Balaban J connectivity index is 1.67. The maximum absolute atomic E-state index is 11.3. The van der Waals surface area contributed by atoms with Crippen molar-refractivity contribution in [2.45, 2.75) is 19.5 Å². The fourth-order valence-corrected chi connectivity index (χ4v) is 3.13. The van der Waals surface area contributed by atoms with Gasteiger partial charge < -0.3 is 10.6 Å². The number of carbonyl (C=O) groups excluding carboxylic acids is 1. The lowest BCUT2D eigenvalue weighted by Gasteiger charge is -2.41. The summed E-state index contributed by atoms with van der Waals surface area (Å²) in [4.78, 5) is 20.1. The molecule has 1 aromatic heterocycles. The molecule has 23 heavy (non-hydrogen) atoms. The van der Waals surface area contributed by atoms with E-state index in [1.54, 1.807) is 12.3 Å². The summed E-state index contributed by atoms with van der Waals surface area (Å²) in [7, 11) is 0. The van der Waals surface area contributed by atoms with E-state index in [0.29, 0.717) is 11.7 Å². The fourth-order valence-electron chi connectivity index (χ4n) is 3.13. The van der Waals surface area contributed by atoms with E-state index in [1.807, 2.05) is 12.1 Å². The molecule has 0 unspecified atom stereocenters. The van der Waals surface area contributed by atoms with Crippen molar-refractivity contribution in [3.05, 3.63) is 59.9 Å². The number of aromatic nitrogens is 1. The molecule has 1 aromatic carbocycles. The minimum absolute atomic E-state index is 0.321. The molecule has 0 bridgehead atoms. The SMILES string of the molecule is C[C@@H]1CN(Cc2ccccc2)CCN1c1ccnc(C(N)=O)c1. The molecule has 0 saturated carbocycles. The maximum atomic E-state index is 11.3. The Morgan fingerprint density at radius 1 is 1.26 bits per heavy atom. The van der Waals surface area contributed by atoms with E-state index in [9.17, 15) is 4.79 Å². The lowest BCUT2D eigenvalue weighted by molar-refractivity contribution is 0.0995. The van der Waals surface area contributed by atoms with Crippen LogP contribution >= 0.6 is 0 Å². The van der Waals surface area contributed by atoms with Crippen molar-refractivity contribution in [3.8, 4) is 0 Å². The van der Waals surface area contributed by atoms with Gasteiger partial charge in [-0.1, -0.05) is 30.3 Å². The van der Waals surface area contributed by atoms with Crippen molar-refractivity contribution >= 4 is 11.6 Å². The van der Waals surface area contributed by atoms with Gasteiger partial charge in [-0.2, -0.15) is 0 Å². The van der Waals surface area contributed by atoms with Crippen molar-refractivity contribution in [3.63, 3.8) is 0 Å². The molecule has 3 rings (SSSR count). The van der Waals surface area contributed by atoms with E-state index in [2.05, 4.69) is 46.0 Å². The molecule has 1 aliphatic rings. The molecule has 5 nitrogen and oxygen atoms in total. The van der Waals surface area contributed by atoms with Gasteiger partial charge >= 0.3 is 0 Å². The summed E-state index contributed by atoms with van der Waals surface area (Å²) in [5.74, 6) is -0.484. The average Bonchev–Trinajstić information content (AvgIpc) is 2.56. The number of pyridine rings is 1. The summed E-state index contributed by atoms with van der Waals surface area (Å²) < 4.78 is 0. The molecule has 0 radical (unpaired) electrons. The van der Waals surface area contributed by atoms with Crippen LogP contribution in [0.25, 0.3) is 0 Å². The van der Waals surface area contributed by atoms with Crippen LogP contribution in [-0.4, -0.2) is 41.5 Å². The van der Waals surface area contributed by atoms with Crippen LogP contribution in [0, 0.1) is 0 Å². The molecule has 1 amide bonds. The highest BCUT2D eigenvalue weighted by molar-refractivity contribution is 5.91. The van der Waals surface area contributed by atoms with Crippen molar-refractivity contribution in [1.82, 2.24) is 9.88 Å². The number of anilines is 1. The molecule has 120 valence electrons. The Bertz CT molecular complexity index is 674. The minimum Gasteiger partial charge on any atom is -0.366 e. The summed E-state index contributed by atoms with van der Waals surface area (Å²) in [6.45, 7) is 6.09. The number of nitrogens with two attached hydrogens (primary N) is 1. The molecule has 2 aromatic rings. The van der Waals surface area contributed by atoms with Gasteiger partial charge in [0.2, 0.25) is 0 Å². The molecular formula is C18H22N4O. The molecule has 2 heterocycles. The quantitative estimate of drug-likeness (QED) is 0.937. The summed E-state index contributed by atoms with van der Waals surface area (Å²) >= 11 is 0. The molecule has 5 heteroatoms. The van der Waals surface area contributed by atoms with Gasteiger partial charge in [-0.25, -0.2) is 0 Å². The molecule has 1 atom stereocenters. The number of rotatable bonds is 4. The summed E-state index contributed by atoms with van der Waals surface area (Å²) in [6.07, 6.45) is 1.65. The predicted molar refractivity (Wildman–Crippen MR) is 91.3 cm³/mol. The number of nitrogens with zero attached hydrogens (tertiary/aromatic N) is 3. The number of hydrogen-bond donors (Lipinski definition) is 1. The van der Waals surface area contributed by atoms with Gasteiger partial charge in [0.25, 0.3) is 5.91 Å². The van der Waals surface area contributed by atoms with Gasteiger partial charge in [0, 0.05) is 44.1 Å². The Labute approximate surface area is 136 Å². The number of amides is 1. The summed E-state index contributed by atoms with van der Waals surface area (Å²) in [5.41, 5.74) is 8.00. The molecule has 1 aliphatic heterocycles. The zero-order valence-corrected chi connectivity index (χ0v) is 13.4. The van der Waals surface area contributed by atoms with Crippen LogP contribution in [0.1, 0.15) is 23.0 Å². The summed E-state index contributed by atoms with van der Waals surface area (Å²) in [5, 5.41) is 0. The van der Waals surface area contributed by atoms with E-state index in [0.717, 1.165) is 31.9 Å². The van der Waals surface area contributed by atoms with E-state index in [4.69, 9.17) is 5.73 Å². The minimum atomic E-state index is -0.484. The van der Waals surface area contributed by atoms with Gasteiger partial charge in [0.15, 0.2) is 0 Å². The van der Waals surface area contributed by atoms with E-state index >= 15 is 0 Å². The van der Waals surface area contributed by atoms with E-state index in [1.165, 1.54) is 5.56 Å². The first-order chi connectivity index (χ1) is 11.1. The monoisotopic (exact) mass is 310 g/mol. The normalized spacial score (nSPS) is 18.8. The van der Waals surface area contributed by atoms with E-state index in [-0.39, 0.29) is 0 Å². The van der Waals surface area contributed by atoms with Gasteiger partial charge in [0.05, 0.1) is 0 Å². The first-order valence-electron chi connectivity index (χ1n) is 7.92. The van der Waals surface area contributed by atoms with Crippen molar-refractivity contribution in [2.75, 3.05) is 24.5 Å². The van der Waals surface area contributed by atoms with Crippen LogP contribution in [0.2, 0.25) is 0 Å². The number of piperazine rings is 1. The molecule has 1 saturated heterocycles. The van der Waals surface area contributed by atoms with Crippen LogP contribution in [-0.2, 0) is 6.54 Å². The Morgan fingerprint density at radius 3 is 2.74 bits per heavy atom. The topological polar surface area (TPSA) is 62.5 Å². The van der Waals surface area contributed by atoms with Gasteiger partial charge in [-0.15, -0.1) is 0 Å². The fraction of sp³-hybridized carbons (Fsp3) is 0.333. The predicted octanol–water partition coefficient (Wildman–Crippen LogP) is 1.89. The number of primary amides is 1. The molecule has 2 N–H and O–H groups in total. The highest BCUT2D eigenvalue weighted by Crippen LogP contribution is 2.21. The lowest BCUT2D eigenvalue weighted by Crippen LogP contribution is -2.51. The highest BCUT2D eigenvalue weighted by Gasteiger charge is 2.24. The van der Waals surface area contributed by atoms with Gasteiger partial charge in [0.1, 0.15) is 5.69 Å². The third-order valence-corrected chi connectivity index (χ3v) is 4.29. The second-order valence-electron chi connectivity index (χ2n) is 6.03. The van der Waals surface area contributed by atoms with Crippen LogP contribution < -0.4 is 10.6 Å². The summed E-state index contributed by atoms with van der Waals surface area (Å²) in [6, 6.07) is 14.6. The van der Waals surface area contributed by atoms with Gasteiger partial charge in [-0.3, -0.25) is 14.7 Å². The second kappa shape index (κ2) is 6.79. The first kappa shape index (κ1) is 15.5. The Morgan fingerprint density at radius 2 is 2.04 bits per heavy atom. The van der Waals surface area contributed by atoms with Crippen molar-refractivity contribution in [1.29, 1.82) is 0 Å². The molecule has 0 spiro atoms. The third-order valence-electron chi connectivity index (χ3n) is 4.29. The highest BCUT2D eigenvalue weighted by atomic mass is 16.1. The van der Waals surface area contributed by atoms with Gasteiger partial charge in [-0.05, 0) is 24.6 Å². The second-order valence-corrected chi connectivity index (χ2v) is 6.03. The lowest BCUT2D eigenvalue weighted by atomic mass is 10.1. The van der Waals surface area contributed by atoms with Crippen LogP contribution in [0.3, 0.4) is 0 Å². The van der Waals surface area contributed by atoms with E-state index < -0.39 is 5.91 Å². The molecular weight excluding hydrogens is 288 g/mol. The van der Waals surface area contributed by atoms with Crippen LogP contribution in [0.5, 0.6) is 0 Å². The number of benzene rings is 1. The number of hydrogen-bond acceptors (Lipinski definition) is 4. The first-order valence-corrected chi connectivity index (χ1v) is 7.92. The molecule has 0 aliphatic carbocycles.